The van der Waals surface area contributed by atoms with Gasteiger partial charge in [0.15, 0.2) is 0 Å². The number of rotatable bonds is 3. The van der Waals surface area contributed by atoms with Crippen LogP contribution in [0.5, 0.6) is 0 Å². The van der Waals surface area contributed by atoms with Crippen LogP contribution in [0.2, 0.25) is 0 Å². The average Bonchev–Trinajstić information content (AvgIpc) is 3.06. The van der Waals surface area contributed by atoms with E-state index in [1.54, 1.807) is 0 Å². The lowest BCUT2D eigenvalue weighted by Gasteiger charge is -2.44. The minimum Gasteiger partial charge on any atom is -0.378 e. The molecule has 4 heterocycles. The van der Waals surface area contributed by atoms with Crippen LogP contribution in [-0.4, -0.2) is 39.6 Å². The predicted octanol–water partition coefficient (Wildman–Crippen LogP) is 3.39. The molecule has 3 aromatic rings. The van der Waals surface area contributed by atoms with Crippen LogP contribution in [0.3, 0.4) is 0 Å². The molecule has 4 heteroatoms. The minimum absolute atomic E-state index is 0.331. The molecule has 0 radical (unpaired) electrons. The molecule has 2 atom stereocenters. The molecule has 2 bridgehead atoms. The number of aromatic nitrogens is 2. The molecular formula is C21H21N3O. The number of fused-ring (bicyclic) bond motifs is 3. The van der Waals surface area contributed by atoms with Crippen LogP contribution in [0.1, 0.15) is 17.7 Å². The summed E-state index contributed by atoms with van der Waals surface area (Å²) < 4.78 is 8.04. The fourth-order valence-electron chi connectivity index (χ4n) is 4.06. The van der Waals surface area contributed by atoms with Crippen molar-refractivity contribution < 1.29 is 4.74 Å². The third-order valence-electron chi connectivity index (χ3n) is 5.30. The smallest absolute Gasteiger partial charge is 0.137 e. The third kappa shape index (κ3) is 2.68. The molecule has 2 aromatic heterocycles. The fourth-order valence-corrected chi connectivity index (χ4v) is 4.06. The summed E-state index contributed by atoms with van der Waals surface area (Å²) in [6, 6.07) is 17.6. The summed E-state index contributed by atoms with van der Waals surface area (Å²) >= 11 is 0. The monoisotopic (exact) mass is 331 g/mol. The maximum atomic E-state index is 5.85. The van der Waals surface area contributed by atoms with Crippen molar-refractivity contribution >= 4 is 11.2 Å². The molecule has 1 saturated heterocycles. The highest BCUT2D eigenvalue weighted by Gasteiger charge is 2.35. The van der Waals surface area contributed by atoms with E-state index in [2.05, 4.69) is 69.0 Å². The quantitative estimate of drug-likeness (QED) is 0.737. The van der Waals surface area contributed by atoms with E-state index < -0.39 is 0 Å². The number of pyridine rings is 1. The van der Waals surface area contributed by atoms with E-state index in [4.69, 9.17) is 4.74 Å². The second-order valence-corrected chi connectivity index (χ2v) is 6.88. The third-order valence-corrected chi connectivity index (χ3v) is 5.30. The Hall–Kier alpha value is -2.43. The summed E-state index contributed by atoms with van der Waals surface area (Å²) in [6.45, 7) is 2.55. The highest BCUT2D eigenvalue weighted by Crippen LogP contribution is 2.33. The normalized spacial score (nSPS) is 23.6. The molecule has 0 amide bonds. The molecular weight excluding hydrogens is 310 g/mol. The van der Waals surface area contributed by atoms with E-state index in [0.29, 0.717) is 12.1 Å². The maximum absolute atomic E-state index is 5.85. The molecule has 0 N–H and O–H groups in total. The number of morpholine rings is 1. The van der Waals surface area contributed by atoms with Gasteiger partial charge in [-0.1, -0.05) is 42.5 Å². The van der Waals surface area contributed by atoms with Gasteiger partial charge in [0.25, 0.3) is 0 Å². The number of hydrogen-bond donors (Lipinski definition) is 0. The lowest BCUT2D eigenvalue weighted by Crippen LogP contribution is -2.53. The van der Waals surface area contributed by atoms with Gasteiger partial charge in [0, 0.05) is 18.8 Å². The highest BCUT2D eigenvalue weighted by molar-refractivity contribution is 5.67. The summed E-state index contributed by atoms with van der Waals surface area (Å²) in [5.74, 6) is 0. The van der Waals surface area contributed by atoms with Crippen molar-refractivity contribution in [3.63, 3.8) is 0 Å². The zero-order chi connectivity index (χ0) is 16.6. The standard InChI is InChI=1S/C21H21N3O/c1-2-6-16(7-3-1)13-24-18-10-17(11-19(24)15-25-14-18)20-12-22-21-8-4-5-9-23(20)21/h1-10,12,18-19H,11,13-15H2. The van der Waals surface area contributed by atoms with Gasteiger partial charge in [-0.3, -0.25) is 4.90 Å². The first-order valence-corrected chi connectivity index (χ1v) is 8.89. The summed E-state index contributed by atoms with van der Waals surface area (Å²) in [5, 5.41) is 0. The molecule has 1 fully saturated rings. The van der Waals surface area contributed by atoms with Crippen molar-refractivity contribution in [1.82, 2.24) is 14.3 Å². The summed E-state index contributed by atoms with van der Waals surface area (Å²) in [4.78, 5) is 7.14. The second-order valence-electron chi connectivity index (χ2n) is 6.88. The van der Waals surface area contributed by atoms with Crippen LogP contribution in [0.25, 0.3) is 11.2 Å². The number of ether oxygens (including phenoxy) is 1. The average molecular weight is 331 g/mol. The molecule has 2 aliphatic rings. The van der Waals surface area contributed by atoms with Gasteiger partial charge in [-0.25, -0.2) is 4.98 Å². The SMILES string of the molecule is C1=C(c2cnc3ccccn23)CC2COCC1N2Cc1ccccc1. The Morgan fingerprint density at radius 3 is 2.80 bits per heavy atom. The van der Waals surface area contributed by atoms with Crippen molar-refractivity contribution in [3.05, 3.63) is 78.3 Å². The zero-order valence-electron chi connectivity index (χ0n) is 14.1. The summed E-state index contributed by atoms with van der Waals surface area (Å²) in [5.41, 5.74) is 4.98. The van der Waals surface area contributed by atoms with Crippen LogP contribution in [0, 0.1) is 0 Å². The second kappa shape index (κ2) is 6.14. The van der Waals surface area contributed by atoms with Crippen molar-refractivity contribution in [3.8, 4) is 0 Å². The van der Waals surface area contributed by atoms with E-state index in [0.717, 1.165) is 31.8 Å². The number of nitrogens with zero attached hydrogens (tertiary/aromatic N) is 3. The van der Waals surface area contributed by atoms with Crippen molar-refractivity contribution in [2.75, 3.05) is 13.2 Å². The first-order valence-electron chi connectivity index (χ1n) is 8.89. The van der Waals surface area contributed by atoms with E-state index in [1.807, 2.05) is 12.3 Å². The van der Waals surface area contributed by atoms with Crippen molar-refractivity contribution in [2.45, 2.75) is 25.0 Å². The van der Waals surface area contributed by atoms with Crippen LogP contribution in [0.4, 0.5) is 0 Å². The van der Waals surface area contributed by atoms with Crippen LogP contribution in [0.15, 0.2) is 67.0 Å². The summed E-state index contributed by atoms with van der Waals surface area (Å²) in [7, 11) is 0. The minimum atomic E-state index is 0.331. The lowest BCUT2D eigenvalue weighted by molar-refractivity contribution is -0.0403. The predicted molar refractivity (Wildman–Crippen MR) is 98.2 cm³/mol. The molecule has 4 nitrogen and oxygen atoms in total. The molecule has 126 valence electrons. The molecule has 2 unspecified atom stereocenters. The van der Waals surface area contributed by atoms with Gasteiger partial charge in [-0.05, 0) is 29.7 Å². The fraction of sp³-hybridized carbons (Fsp3) is 0.286. The van der Waals surface area contributed by atoms with E-state index in [9.17, 15) is 0 Å². The van der Waals surface area contributed by atoms with Crippen LogP contribution < -0.4 is 0 Å². The Balaban J connectivity index is 1.48. The molecule has 5 rings (SSSR count). The van der Waals surface area contributed by atoms with E-state index in [-0.39, 0.29) is 0 Å². The van der Waals surface area contributed by atoms with Gasteiger partial charge in [-0.2, -0.15) is 0 Å². The molecule has 0 aliphatic carbocycles. The van der Waals surface area contributed by atoms with Gasteiger partial charge < -0.3 is 9.14 Å². The zero-order valence-corrected chi connectivity index (χ0v) is 14.1. The summed E-state index contributed by atoms with van der Waals surface area (Å²) in [6.07, 6.45) is 7.49. The molecule has 25 heavy (non-hydrogen) atoms. The number of benzene rings is 1. The molecule has 0 saturated carbocycles. The van der Waals surface area contributed by atoms with Gasteiger partial charge in [0.1, 0.15) is 5.65 Å². The van der Waals surface area contributed by atoms with Gasteiger partial charge in [0.2, 0.25) is 0 Å². The first kappa shape index (κ1) is 14.9. The molecule has 0 spiro atoms. The highest BCUT2D eigenvalue weighted by atomic mass is 16.5. The van der Waals surface area contributed by atoms with E-state index in [1.165, 1.54) is 16.8 Å². The number of hydrogen-bond acceptors (Lipinski definition) is 3. The topological polar surface area (TPSA) is 29.8 Å². The Morgan fingerprint density at radius 2 is 1.92 bits per heavy atom. The van der Waals surface area contributed by atoms with Gasteiger partial charge in [0.05, 0.1) is 31.1 Å². The Kier molecular flexibility index (Phi) is 3.65. The van der Waals surface area contributed by atoms with Crippen LogP contribution in [-0.2, 0) is 11.3 Å². The van der Waals surface area contributed by atoms with E-state index >= 15 is 0 Å². The number of imidazole rings is 1. The van der Waals surface area contributed by atoms with Crippen molar-refractivity contribution in [2.24, 2.45) is 0 Å². The van der Waals surface area contributed by atoms with Gasteiger partial charge >= 0.3 is 0 Å². The lowest BCUT2D eigenvalue weighted by atomic mass is 9.92. The first-order chi connectivity index (χ1) is 12.4. The Bertz CT molecular complexity index is 915. The molecule has 2 aliphatic heterocycles. The largest absolute Gasteiger partial charge is 0.378 e. The van der Waals surface area contributed by atoms with Crippen molar-refractivity contribution in [1.29, 1.82) is 0 Å². The molecule has 1 aromatic carbocycles. The Morgan fingerprint density at radius 1 is 1.04 bits per heavy atom. The van der Waals surface area contributed by atoms with Gasteiger partial charge in [-0.15, -0.1) is 0 Å². The maximum Gasteiger partial charge on any atom is 0.137 e. The van der Waals surface area contributed by atoms with Crippen LogP contribution >= 0.6 is 0 Å². The Labute approximate surface area is 147 Å².